The highest BCUT2D eigenvalue weighted by molar-refractivity contribution is 7.80. The van der Waals surface area contributed by atoms with Crippen molar-refractivity contribution in [1.29, 1.82) is 0 Å². The highest BCUT2D eigenvalue weighted by atomic mass is 32.1. The summed E-state index contributed by atoms with van der Waals surface area (Å²) in [5, 5.41) is 13.8. The van der Waals surface area contributed by atoms with Crippen molar-refractivity contribution >= 4 is 30.4 Å². The lowest BCUT2D eigenvalue weighted by molar-refractivity contribution is -0.141. The first-order valence-corrected chi connectivity index (χ1v) is 7.02. The number of carboxylic acid groups (broad SMARTS) is 1. The number of amides is 2. The molecule has 0 aromatic carbocycles. The predicted molar refractivity (Wildman–Crippen MR) is 78.5 cm³/mol. The Hall–Kier alpha value is -1.28. The number of hydrogen-bond donors (Lipinski definition) is 5. The van der Waals surface area contributed by atoms with Crippen LogP contribution in [0.5, 0.6) is 0 Å². The molecule has 0 heterocycles. The minimum atomic E-state index is -1.17. The summed E-state index contributed by atoms with van der Waals surface area (Å²) in [6, 6.07) is -2.64. The van der Waals surface area contributed by atoms with Crippen LogP contribution < -0.4 is 16.4 Å². The zero-order chi connectivity index (χ0) is 15.9. The molecule has 0 saturated heterocycles. The van der Waals surface area contributed by atoms with Gasteiger partial charge in [0.1, 0.15) is 12.1 Å². The number of carbonyl (C=O) groups excluding carboxylic acids is 2. The van der Waals surface area contributed by atoms with Crippen LogP contribution >= 0.6 is 12.6 Å². The molecule has 0 aliphatic heterocycles. The third kappa shape index (κ3) is 6.76. The molecule has 5 N–H and O–H groups in total. The fourth-order valence-electron chi connectivity index (χ4n) is 1.46. The van der Waals surface area contributed by atoms with Gasteiger partial charge in [-0.1, -0.05) is 13.8 Å². The predicted octanol–water partition coefficient (Wildman–Crippen LogP) is -0.636. The summed E-state index contributed by atoms with van der Waals surface area (Å²) < 4.78 is 0. The van der Waals surface area contributed by atoms with Gasteiger partial charge in [-0.15, -0.1) is 0 Å². The van der Waals surface area contributed by atoms with E-state index in [4.69, 9.17) is 10.8 Å². The number of nitrogens with one attached hydrogen (secondary N) is 2. The molecule has 2 amide bonds. The number of thiol groups is 1. The van der Waals surface area contributed by atoms with Crippen molar-refractivity contribution in [2.24, 2.45) is 11.7 Å². The quantitative estimate of drug-likeness (QED) is 0.382. The minimum absolute atomic E-state index is 0.0310. The number of carbonyl (C=O) groups is 3. The van der Waals surface area contributed by atoms with E-state index in [0.717, 1.165) is 0 Å². The number of hydrogen-bond acceptors (Lipinski definition) is 5. The Balaban J connectivity index is 4.80. The van der Waals surface area contributed by atoms with E-state index in [1.807, 2.05) is 13.8 Å². The maximum Gasteiger partial charge on any atom is 0.327 e. The first-order valence-electron chi connectivity index (χ1n) is 6.39. The molecule has 0 aromatic heterocycles. The fourth-order valence-corrected chi connectivity index (χ4v) is 1.71. The Morgan fingerprint density at radius 2 is 1.60 bits per heavy atom. The van der Waals surface area contributed by atoms with Crippen LogP contribution in [0.4, 0.5) is 0 Å². The maximum absolute atomic E-state index is 12.0. The van der Waals surface area contributed by atoms with Crippen molar-refractivity contribution in [3.63, 3.8) is 0 Å². The van der Waals surface area contributed by atoms with Gasteiger partial charge >= 0.3 is 5.97 Å². The van der Waals surface area contributed by atoms with E-state index in [-0.39, 0.29) is 11.7 Å². The molecule has 0 aliphatic carbocycles. The van der Waals surface area contributed by atoms with Gasteiger partial charge in [-0.3, -0.25) is 9.59 Å². The van der Waals surface area contributed by atoms with Crippen molar-refractivity contribution in [2.75, 3.05) is 5.75 Å². The van der Waals surface area contributed by atoms with Gasteiger partial charge in [-0.25, -0.2) is 4.79 Å². The van der Waals surface area contributed by atoms with Crippen molar-refractivity contribution in [1.82, 2.24) is 10.6 Å². The van der Waals surface area contributed by atoms with Crippen LogP contribution in [0, 0.1) is 5.92 Å². The van der Waals surface area contributed by atoms with Crippen LogP contribution in [0.1, 0.15) is 27.2 Å². The second-order valence-electron chi connectivity index (χ2n) is 5.06. The molecule has 0 fully saturated rings. The molecule has 116 valence electrons. The Bertz CT molecular complexity index is 361. The zero-order valence-electron chi connectivity index (χ0n) is 11.9. The Morgan fingerprint density at radius 1 is 1.10 bits per heavy atom. The van der Waals surface area contributed by atoms with Gasteiger partial charge in [0.15, 0.2) is 0 Å². The smallest absolute Gasteiger partial charge is 0.327 e. The van der Waals surface area contributed by atoms with Gasteiger partial charge in [0.2, 0.25) is 11.8 Å². The molecule has 0 aromatic rings. The van der Waals surface area contributed by atoms with E-state index in [9.17, 15) is 14.4 Å². The Labute approximate surface area is 124 Å². The zero-order valence-corrected chi connectivity index (χ0v) is 12.8. The molecule has 0 saturated carbocycles. The van der Waals surface area contributed by atoms with Gasteiger partial charge < -0.3 is 21.5 Å². The second kappa shape index (κ2) is 8.80. The number of rotatable bonds is 8. The molecule has 0 aliphatic rings. The highest BCUT2D eigenvalue weighted by Gasteiger charge is 2.27. The van der Waals surface area contributed by atoms with Crippen LogP contribution in [-0.4, -0.2) is 46.8 Å². The topological polar surface area (TPSA) is 122 Å². The lowest BCUT2D eigenvalue weighted by atomic mass is 10.0. The van der Waals surface area contributed by atoms with Crippen molar-refractivity contribution in [3.8, 4) is 0 Å². The van der Waals surface area contributed by atoms with Crippen molar-refractivity contribution < 1.29 is 19.5 Å². The van der Waals surface area contributed by atoms with Gasteiger partial charge in [0.25, 0.3) is 0 Å². The third-order valence-corrected chi connectivity index (χ3v) is 2.92. The normalized spacial score (nSPS) is 15.3. The average Bonchev–Trinajstić information content (AvgIpc) is 2.33. The molecule has 0 bridgehead atoms. The van der Waals surface area contributed by atoms with E-state index in [0.29, 0.717) is 6.42 Å². The van der Waals surface area contributed by atoms with Gasteiger partial charge in [-0.2, -0.15) is 12.6 Å². The summed E-state index contributed by atoms with van der Waals surface area (Å²) >= 11 is 3.87. The van der Waals surface area contributed by atoms with E-state index < -0.39 is 35.9 Å². The van der Waals surface area contributed by atoms with Gasteiger partial charge in [0.05, 0.1) is 6.04 Å². The fraction of sp³-hybridized carbons (Fsp3) is 0.750. The summed E-state index contributed by atoms with van der Waals surface area (Å²) in [4.78, 5) is 34.5. The van der Waals surface area contributed by atoms with Crippen LogP contribution in [0.2, 0.25) is 0 Å². The van der Waals surface area contributed by atoms with Crippen molar-refractivity contribution in [3.05, 3.63) is 0 Å². The van der Waals surface area contributed by atoms with E-state index in [1.54, 1.807) is 0 Å². The third-order valence-electron chi connectivity index (χ3n) is 2.55. The molecule has 3 atom stereocenters. The molecule has 7 nitrogen and oxygen atoms in total. The summed E-state index contributed by atoms with van der Waals surface area (Å²) in [7, 11) is 0. The van der Waals surface area contributed by atoms with Crippen LogP contribution in [0.15, 0.2) is 0 Å². The number of nitrogens with two attached hydrogens (primary N) is 1. The second-order valence-corrected chi connectivity index (χ2v) is 5.43. The van der Waals surface area contributed by atoms with Crippen LogP contribution in [0.25, 0.3) is 0 Å². The molecular weight excluding hydrogens is 282 g/mol. The van der Waals surface area contributed by atoms with Crippen molar-refractivity contribution in [2.45, 2.75) is 45.3 Å². The average molecular weight is 305 g/mol. The summed E-state index contributed by atoms with van der Waals surface area (Å²) in [6.45, 7) is 5.30. The molecule has 8 heteroatoms. The van der Waals surface area contributed by atoms with Gasteiger partial charge in [-0.05, 0) is 19.3 Å². The minimum Gasteiger partial charge on any atom is -0.480 e. The number of aliphatic carboxylic acids is 1. The molecule has 20 heavy (non-hydrogen) atoms. The molecule has 0 unspecified atom stereocenters. The van der Waals surface area contributed by atoms with E-state index in [1.165, 1.54) is 6.92 Å². The lowest BCUT2D eigenvalue weighted by Crippen LogP contribution is -2.54. The molecular formula is C12H23N3O4S. The van der Waals surface area contributed by atoms with E-state index in [2.05, 4.69) is 23.3 Å². The maximum atomic E-state index is 12.0. The Morgan fingerprint density at radius 3 is 1.95 bits per heavy atom. The summed E-state index contributed by atoms with van der Waals surface area (Å²) in [5.74, 6) is -2.05. The monoisotopic (exact) mass is 305 g/mol. The first kappa shape index (κ1) is 18.7. The first-order chi connectivity index (χ1) is 9.18. The van der Waals surface area contributed by atoms with Gasteiger partial charge in [0, 0.05) is 5.75 Å². The molecule has 0 radical (unpaired) electrons. The SMILES string of the molecule is CC(C)C[C@H](NC(=O)[C@H](C)N)C(=O)N[C@@H](CS)C(=O)O. The number of carboxylic acids is 1. The highest BCUT2D eigenvalue weighted by Crippen LogP contribution is 2.06. The molecule has 0 rings (SSSR count). The largest absolute Gasteiger partial charge is 0.480 e. The van der Waals surface area contributed by atoms with Crippen LogP contribution in [-0.2, 0) is 14.4 Å². The van der Waals surface area contributed by atoms with Crippen LogP contribution in [0.3, 0.4) is 0 Å². The molecule has 0 spiro atoms. The summed E-state index contributed by atoms with van der Waals surface area (Å²) in [5.41, 5.74) is 5.44. The standard InChI is InChI=1S/C12H23N3O4S/c1-6(2)4-8(14-10(16)7(3)13)11(17)15-9(5-20)12(18)19/h6-9,20H,4-5,13H2,1-3H3,(H,14,16)(H,15,17)(H,18,19)/t7-,8-,9-/m0/s1. The lowest BCUT2D eigenvalue weighted by Gasteiger charge is -2.22. The van der Waals surface area contributed by atoms with E-state index >= 15 is 0 Å². The Kier molecular flexibility index (Phi) is 8.24. The summed E-state index contributed by atoms with van der Waals surface area (Å²) in [6.07, 6.45) is 0.392.